The standard InChI is InChI=1S/C18H19FN2O4S/c1-10-8-21(9-14(25-10)18(23)24)17(22)16-11(2)20-15(26-16)7-12-3-5-13(19)6-4-12/h3-6,10,14H,7-9H2,1-2H3,(H,23,24)/t10-,14?/m1/s1. The first kappa shape index (κ1) is 18.5. The van der Waals surface area contributed by atoms with Crippen LogP contribution in [-0.4, -0.2) is 52.2 Å². The van der Waals surface area contributed by atoms with Crippen molar-refractivity contribution in [2.45, 2.75) is 32.5 Å². The molecule has 2 atom stereocenters. The summed E-state index contributed by atoms with van der Waals surface area (Å²) in [5, 5.41) is 9.93. The average Bonchev–Trinajstić information content (AvgIpc) is 2.96. The molecule has 1 amide bonds. The predicted molar refractivity (Wildman–Crippen MR) is 93.9 cm³/mol. The van der Waals surface area contributed by atoms with Crippen LogP contribution in [-0.2, 0) is 16.0 Å². The number of amides is 1. The first-order valence-corrected chi connectivity index (χ1v) is 9.03. The van der Waals surface area contributed by atoms with Crippen molar-refractivity contribution in [2.24, 2.45) is 0 Å². The maximum atomic E-state index is 13.0. The third kappa shape index (κ3) is 4.08. The number of aromatic nitrogens is 1. The van der Waals surface area contributed by atoms with Crippen molar-refractivity contribution in [3.8, 4) is 0 Å². The topological polar surface area (TPSA) is 79.7 Å². The van der Waals surface area contributed by atoms with Crippen LogP contribution in [0, 0.1) is 12.7 Å². The molecular weight excluding hydrogens is 359 g/mol. The second-order valence-electron chi connectivity index (χ2n) is 6.31. The van der Waals surface area contributed by atoms with Gasteiger partial charge in [0.1, 0.15) is 10.7 Å². The van der Waals surface area contributed by atoms with Gasteiger partial charge in [0.15, 0.2) is 6.10 Å². The largest absolute Gasteiger partial charge is 0.479 e. The molecule has 1 N–H and O–H groups in total. The van der Waals surface area contributed by atoms with Gasteiger partial charge in [-0.15, -0.1) is 11.3 Å². The van der Waals surface area contributed by atoms with Crippen molar-refractivity contribution in [1.82, 2.24) is 9.88 Å². The molecule has 0 aliphatic carbocycles. The Hall–Kier alpha value is -2.32. The third-order valence-electron chi connectivity index (χ3n) is 4.13. The van der Waals surface area contributed by atoms with E-state index >= 15 is 0 Å². The fourth-order valence-electron chi connectivity index (χ4n) is 2.90. The molecular formula is C18H19FN2O4S. The Bertz CT molecular complexity index is 821. The molecule has 3 rings (SSSR count). The van der Waals surface area contributed by atoms with Gasteiger partial charge in [0.2, 0.25) is 0 Å². The molecule has 1 aromatic carbocycles. The van der Waals surface area contributed by atoms with Gasteiger partial charge in [-0.2, -0.15) is 0 Å². The maximum absolute atomic E-state index is 13.0. The Balaban J connectivity index is 1.76. The van der Waals surface area contributed by atoms with Crippen LogP contribution in [0.3, 0.4) is 0 Å². The molecule has 1 saturated heterocycles. The van der Waals surface area contributed by atoms with Crippen LogP contribution >= 0.6 is 11.3 Å². The Kier molecular flexibility index (Phi) is 5.33. The number of carbonyl (C=O) groups is 2. The molecule has 1 aliphatic rings. The van der Waals surface area contributed by atoms with E-state index in [9.17, 15) is 14.0 Å². The molecule has 1 fully saturated rings. The fraction of sp³-hybridized carbons (Fsp3) is 0.389. The molecule has 8 heteroatoms. The number of halogens is 1. The SMILES string of the molecule is Cc1nc(Cc2ccc(F)cc2)sc1C(=O)N1CC(C(=O)O)O[C@H](C)C1. The van der Waals surface area contributed by atoms with Gasteiger partial charge in [0, 0.05) is 13.0 Å². The maximum Gasteiger partial charge on any atom is 0.334 e. The highest BCUT2D eigenvalue weighted by atomic mass is 32.1. The number of nitrogens with zero attached hydrogens (tertiary/aromatic N) is 2. The molecule has 0 spiro atoms. The van der Waals surface area contributed by atoms with Gasteiger partial charge in [0.25, 0.3) is 5.91 Å². The molecule has 1 unspecified atom stereocenters. The van der Waals surface area contributed by atoms with Crippen molar-refractivity contribution in [3.05, 3.63) is 51.2 Å². The number of carboxylic acids is 1. The third-order valence-corrected chi connectivity index (χ3v) is 5.27. The molecule has 2 aromatic rings. The summed E-state index contributed by atoms with van der Waals surface area (Å²) in [6.45, 7) is 3.86. The van der Waals surface area contributed by atoms with Gasteiger partial charge in [-0.1, -0.05) is 12.1 Å². The van der Waals surface area contributed by atoms with Gasteiger partial charge in [-0.05, 0) is 31.5 Å². The number of aryl methyl sites for hydroxylation is 1. The second-order valence-corrected chi connectivity index (χ2v) is 7.39. The van der Waals surface area contributed by atoms with Crippen LogP contribution in [0.4, 0.5) is 4.39 Å². The summed E-state index contributed by atoms with van der Waals surface area (Å²) >= 11 is 1.29. The first-order valence-electron chi connectivity index (χ1n) is 8.21. The Morgan fingerprint density at radius 2 is 2.04 bits per heavy atom. The quantitative estimate of drug-likeness (QED) is 0.884. The minimum atomic E-state index is -1.08. The average molecular weight is 378 g/mol. The van der Waals surface area contributed by atoms with E-state index in [0.717, 1.165) is 10.6 Å². The normalized spacial score (nSPS) is 20.2. The van der Waals surface area contributed by atoms with Crippen molar-refractivity contribution in [2.75, 3.05) is 13.1 Å². The van der Waals surface area contributed by atoms with E-state index < -0.39 is 12.1 Å². The van der Waals surface area contributed by atoms with Crippen molar-refractivity contribution < 1.29 is 23.8 Å². The van der Waals surface area contributed by atoms with E-state index in [0.29, 0.717) is 23.5 Å². The van der Waals surface area contributed by atoms with Crippen molar-refractivity contribution in [3.63, 3.8) is 0 Å². The lowest BCUT2D eigenvalue weighted by Crippen LogP contribution is -2.51. The zero-order chi connectivity index (χ0) is 18.8. The molecule has 6 nitrogen and oxygen atoms in total. The number of rotatable bonds is 4. The fourth-order valence-corrected chi connectivity index (χ4v) is 3.97. The number of carbonyl (C=O) groups excluding carboxylic acids is 1. The van der Waals surface area contributed by atoms with E-state index in [2.05, 4.69) is 4.98 Å². The van der Waals surface area contributed by atoms with E-state index in [1.165, 1.54) is 28.4 Å². The minimum Gasteiger partial charge on any atom is -0.479 e. The summed E-state index contributed by atoms with van der Waals surface area (Å²) in [4.78, 5) is 30.5. The van der Waals surface area contributed by atoms with Crippen LogP contribution < -0.4 is 0 Å². The predicted octanol–water partition coefficient (Wildman–Crippen LogP) is 2.50. The monoisotopic (exact) mass is 378 g/mol. The number of ether oxygens (including phenoxy) is 1. The van der Waals surface area contributed by atoms with E-state index in [-0.39, 0.29) is 24.4 Å². The van der Waals surface area contributed by atoms with Crippen molar-refractivity contribution in [1.29, 1.82) is 0 Å². The summed E-state index contributed by atoms with van der Waals surface area (Å²) in [5.41, 5.74) is 1.52. The van der Waals surface area contributed by atoms with Crippen LogP contribution in [0.1, 0.15) is 32.9 Å². The van der Waals surface area contributed by atoms with Crippen molar-refractivity contribution >= 4 is 23.2 Å². The number of thiazole rings is 1. The summed E-state index contributed by atoms with van der Waals surface area (Å²) in [6, 6.07) is 6.16. The molecule has 1 aromatic heterocycles. The molecule has 0 saturated carbocycles. The number of aliphatic carboxylic acids is 1. The first-order chi connectivity index (χ1) is 12.3. The van der Waals surface area contributed by atoms with Crippen LogP contribution in [0.25, 0.3) is 0 Å². The lowest BCUT2D eigenvalue weighted by Gasteiger charge is -2.34. The summed E-state index contributed by atoms with van der Waals surface area (Å²) in [6.07, 6.45) is -0.855. The lowest BCUT2D eigenvalue weighted by atomic mass is 10.1. The van der Waals surface area contributed by atoms with Gasteiger partial charge < -0.3 is 14.7 Å². The number of hydrogen-bond donors (Lipinski definition) is 1. The lowest BCUT2D eigenvalue weighted by molar-refractivity contribution is -0.160. The van der Waals surface area contributed by atoms with E-state index in [1.807, 2.05) is 0 Å². The summed E-state index contributed by atoms with van der Waals surface area (Å²) in [7, 11) is 0. The van der Waals surface area contributed by atoms with Crippen LogP contribution in [0.5, 0.6) is 0 Å². The molecule has 2 heterocycles. The van der Waals surface area contributed by atoms with Gasteiger partial charge in [-0.3, -0.25) is 4.79 Å². The Labute approximate surface area is 154 Å². The molecule has 1 aliphatic heterocycles. The highest BCUT2D eigenvalue weighted by molar-refractivity contribution is 7.13. The number of carboxylic acid groups (broad SMARTS) is 1. The Morgan fingerprint density at radius 3 is 2.69 bits per heavy atom. The zero-order valence-corrected chi connectivity index (χ0v) is 15.3. The van der Waals surface area contributed by atoms with Gasteiger partial charge >= 0.3 is 5.97 Å². The number of hydrogen-bond acceptors (Lipinski definition) is 5. The second kappa shape index (κ2) is 7.51. The zero-order valence-electron chi connectivity index (χ0n) is 14.4. The molecule has 0 radical (unpaired) electrons. The summed E-state index contributed by atoms with van der Waals surface area (Å²) in [5.74, 6) is -1.60. The minimum absolute atomic E-state index is 0.0170. The number of morpholine rings is 1. The van der Waals surface area contributed by atoms with Gasteiger partial charge in [0.05, 0.1) is 23.4 Å². The smallest absolute Gasteiger partial charge is 0.334 e. The number of benzene rings is 1. The molecule has 26 heavy (non-hydrogen) atoms. The van der Waals surface area contributed by atoms with E-state index in [4.69, 9.17) is 9.84 Å². The molecule has 138 valence electrons. The van der Waals surface area contributed by atoms with Crippen LogP contribution in [0.2, 0.25) is 0 Å². The van der Waals surface area contributed by atoms with Crippen LogP contribution in [0.15, 0.2) is 24.3 Å². The van der Waals surface area contributed by atoms with Gasteiger partial charge in [-0.25, -0.2) is 14.2 Å². The Morgan fingerprint density at radius 1 is 1.35 bits per heavy atom. The van der Waals surface area contributed by atoms with E-state index in [1.54, 1.807) is 26.0 Å². The highest BCUT2D eigenvalue weighted by Crippen LogP contribution is 2.24. The molecule has 0 bridgehead atoms. The summed E-state index contributed by atoms with van der Waals surface area (Å²) < 4.78 is 18.4. The highest BCUT2D eigenvalue weighted by Gasteiger charge is 2.34.